The number of ether oxygens (including phenoxy) is 4. The van der Waals surface area contributed by atoms with Gasteiger partial charge < -0.3 is 18.9 Å². The molecule has 258 valence electrons. The number of nitrogens with zero attached hydrogens (tertiary/aromatic N) is 6. The van der Waals surface area contributed by atoms with E-state index in [4.69, 9.17) is 18.9 Å². The fourth-order valence-electron chi connectivity index (χ4n) is 6.23. The quantitative estimate of drug-likeness (QED) is 0.0703. The minimum Gasteiger partial charge on any atom is -0.497 e. The zero-order valence-corrected chi connectivity index (χ0v) is 28.3. The first-order valence-corrected chi connectivity index (χ1v) is 16.2. The summed E-state index contributed by atoms with van der Waals surface area (Å²) >= 11 is 0. The molecular formula is C36H38N8O6. The van der Waals surface area contributed by atoms with E-state index < -0.39 is 29.6 Å². The molecule has 0 bridgehead atoms. The molecule has 0 aliphatic carbocycles. The van der Waals surface area contributed by atoms with Crippen molar-refractivity contribution in [3.05, 3.63) is 123 Å². The number of hydrogen-bond acceptors (Lipinski definition) is 9. The highest BCUT2D eigenvalue weighted by molar-refractivity contribution is 5.91. The number of anilines is 1. The lowest BCUT2D eigenvalue weighted by Crippen LogP contribution is -2.41. The van der Waals surface area contributed by atoms with Crippen molar-refractivity contribution in [1.29, 1.82) is 0 Å². The summed E-state index contributed by atoms with van der Waals surface area (Å²) in [5, 5.41) is 6.50. The lowest BCUT2D eigenvalue weighted by molar-refractivity contribution is -0.118. The number of aromatic nitrogens is 4. The number of benzene rings is 3. The van der Waals surface area contributed by atoms with Gasteiger partial charge in [0.15, 0.2) is 17.4 Å². The van der Waals surface area contributed by atoms with Crippen molar-refractivity contribution >= 4 is 23.0 Å². The summed E-state index contributed by atoms with van der Waals surface area (Å²) in [4.78, 5) is 40.2. The number of amides is 1. The van der Waals surface area contributed by atoms with Crippen LogP contribution in [0.3, 0.4) is 0 Å². The van der Waals surface area contributed by atoms with Gasteiger partial charge in [0.1, 0.15) is 23.2 Å². The second-order valence-electron chi connectivity index (χ2n) is 12.3. The van der Waals surface area contributed by atoms with E-state index in [2.05, 4.69) is 30.3 Å². The van der Waals surface area contributed by atoms with Crippen LogP contribution in [0.25, 0.3) is 21.6 Å². The van der Waals surface area contributed by atoms with E-state index in [9.17, 15) is 15.1 Å². The summed E-state index contributed by atoms with van der Waals surface area (Å²) in [7, 11) is 3.22. The number of H-pyrrole nitrogens is 1. The minimum atomic E-state index is -1.22. The Kier molecular flexibility index (Phi) is 9.86. The van der Waals surface area contributed by atoms with Crippen LogP contribution in [0.15, 0.2) is 95.1 Å². The molecule has 1 fully saturated rings. The van der Waals surface area contributed by atoms with Gasteiger partial charge in [-0.3, -0.25) is 24.5 Å². The van der Waals surface area contributed by atoms with Gasteiger partial charge in [0.05, 0.1) is 33.2 Å². The number of nitrogens with one attached hydrogen (secondary N) is 2. The predicted molar refractivity (Wildman–Crippen MR) is 186 cm³/mol. The predicted octanol–water partition coefficient (Wildman–Crippen LogP) is 5.95. The normalized spacial score (nSPS) is 18.9. The maximum absolute atomic E-state index is 13.1. The van der Waals surface area contributed by atoms with Crippen LogP contribution in [0.2, 0.25) is 0 Å². The fourth-order valence-corrected chi connectivity index (χ4v) is 6.23. The summed E-state index contributed by atoms with van der Waals surface area (Å²) in [6.07, 6.45) is -0.724. The topological polar surface area (TPSA) is 178 Å². The molecule has 6 rings (SSSR count). The maximum atomic E-state index is 13.1. The zero-order chi connectivity index (χ0) is 35.4. The van der Waals surface area contributed by atoms with Crippen LogP contribution in [-0.2, 0) is 19.9 Å². The number of carbonyl (C=O) groups excluding carboxylic acids is 1. The molecule has 0 radical (unpaired) electrons. The van der Waals surface area contributed by atoms with Crippen molar-refractivity contribution in [1.82, 2.24) is 19.5 Å². The Labute approximate surface area is 288 Å². The van der Waals surface area contributed by atoms with Gasteiger partial charge in [-0.2, -0.15) is 4.98 Å². The number of aromatic amines is 1. The van der Waals surface area contributed by atoms with Crippen LogP contribution in [0, 0.1) is 11.8 Å². The third kappa shape index (κ3) is 6.39. The Bertz CT molecular complexity index is 2010. The summed E-state index contributed by atoms with van der Waals surface area (Å²) < 4.78 is 26.7. The first-order valence-electron chi connectivity index (χ1n) is 16.2. The SMILES string of the molecule is COc1ccc(C(O[C@@H]2[C@H](C)[C@@H](CN=[N+]=[N-])O[C@H]2n2cnc3c(=O)[nH]c(NC(=O)C(C)C)nc32)(c2ccccc2)c2ccc(OC)cc2)cc1. The molecule has 5 aromatic rings. The van der Waals surface area contributed by atoms with Crippen LogP contribution >= 0.6 is 0 Å². The summed E-state index contributed by atoms with van der Waals surface area (Å²) in [5.74, 6) is 0.332. The molecule has 1 amide bonds. The summed E-state index contributed by atoms with van der Waals surface area (Å²) in [6, 6.07) is 25.2. The average molecular weight is 679 g/mol. The molecule has 4 atom stereocenters. The lowest BCUT2D eigenvalue weighted by atomic mass is 9.79. The molecule has 1 aliphatic heterocycles. The van der Waals surface area contributed by atoms with E-state index in [0.29, 0.717) is 11.5 Å². The first kappa shape index (κ1) is 34.2. The molecule has 0 spiro atoms. The zero-order valence-electron chi connectivity index (χ0n) is 28.3. The number of methoxy groups -OCH3 is 2. The van der Waals surface area contributed by atoms with Crippen molar-refractivity contribution < 1.29 is 23.7 Å². The summed E-state index contributed by atoms with van der Waals surface area (Å²) in [6.45, 7) is 5.47. The minimum absolute atomic E-state index is 0.0211. The highest BCUT2D eigenvalue weighted by atomic mass is 16.6. The van der Waals surface area contributed by atoms with Crippen LogP contribution < -0.4 is 20.3 Å². The van der Waals surface area contributed by atoms with Crippen LogP contribution in [0.5, 0.6) is 11.5 Å². The van der Waals surface area contributed by atoms with Gasteiger partial charge >= 0.3 is 0 Å². The molecular weight excluding hydrogens is 640 g/mol. The van der Waals surface area contributed by atoms with E-state index in [-0.39, 0.29) is 41.4 Å². The molecule has 3 heterocycles. The number of imidazole rings is 1. The van der Waals surface area contributed by atoms with Crippen molar-refractivity contribution in [2.24, 2.45) is 17.0 Å². The molecule has 14 nitrogen and oxygen atoms in total. The van der Waals surface area contributed by atoms with Crippen LogP contribution in [-0.4, -0.2) is 58.4 Å². The van der Waals surface area contributed by atoms with Crippen LogP contribution in [0.4, 0.5) is 5.95 Å². The van der Waals surface area contributed by atoms with E-state index >= 15 is 0 Å². The van der Waals surface area contributed by atoms with Crippen molar-refractivity contribution in [3.63, 3.8) is 0 Å². The average Bonchev–Trinajstić information content (AvgIpc) is 3.70. The smallest absolute Gasteiger partial charge is 0.280 e. The molecule has 3 aromatic carbocycles. The van der Waals surface area contributed by atoms with Crippen LogP contribution in [0.1, 0.15) is 43.7 Å². The molecule has 1 saturated heterocycles. The molecule has 1 aliphatic rings. The number of azide groups is 1. The Balaban J connectivity index is 1.56. The Hall–Kier alpha value is -5.69. The highest BCUT2D eigenvalue weighted by Gasteiger charge is 2.50. The van der Waals surface area contributed by atoms with E-state index in [1.807, 2.05) is 85.8 Å². The lowest BCUT2D eigenvalue weighted by Gasteiger charge is -2.40. The van der Waals surface area contributed by atoms with E-state index in [0.717, 1.165) is 16.7 Å². The first-order chi connectivity index (χ1) is 24.2. The Morgan fingerprint density at radius 1 is 1.02 bits per heavy atom. The van der Waals surface area contributed by atoms with Gasteiger partial charge in [0, 0.05) is 16.7 Å². The molecule has 50 heavy (non-hydrogen) atoms. The summed E-state index contributed by atoms with van der Waals surface area (Å²) in [5.41, 5.74) is 10.2. The number of hydrogen-bond donors (Lipinski definition) is 2. The van der Waals surface area contributed by atoms with Gasteiger partial charge in [0.25, 0.3) is 5.56 Å². The fraction of sp³-hybridized carbons (Fsp3) is 0.333. The number of rotatable bonds is 12. The molecule has 2 aromatic heterocycles. The van der Waals surface area contributed by atoms with Gasteiger partial charge in [-0.15, -0.1) is 0 Å². The Morgan fingerprint density at radius 2 is 1.62 bits per heavy atom. The number of fused-ring (bicyclic) bond motifs is 1. The van der Waals surface area contributed by atoms with Crippen molar-refractivity contribution in [2.75, 3.05) is 26.1 Å². The number of carbonyl (C=O) groups is 1. The van der Waals surface area contributed by atoms with E-state index in [1.54, 1.807) is 32.6 Å². The third-order valence-electron chi connectivity index (χ3n) is 8.98. The van der Waals surface area contributed by atoms with E-state index in [1.165, 1.54) is 6.33 Å². The highest BCUT2D eigenvalue weighted by Crippen LogP contribution is 2.48. The van der Waals surface area contributed by atoms with Gasteiger partial charge in [-0.25, -0.2) is 4.98 Å². The van der Waals surface area contributed by atoms with Crippen molar-refractivity contribution in [3.8, 4) is 11.5 Å². The Morgan fingerprint density at radius 3 is 2.18 bits per heavy atom. The molecule has 0 saturated carbocycles. The molecule has 14 heteroatoms. The monoisotopic (exact) mass is 678 g/mol. The largest absolute Gasteiger partial charge is 0.497 e. The van der Waals surface area contributed by atoms with Gasteiger partial charge in [0.2, 0.25) is 11.9 Å². The van der Waals surface area contributed by atoms with Gasteiger partial charge in [-0.1, -0.05) is 80.5 Å². The third-order valence-corrected chi connectivity index (χ3v) is 8.98. The molecule has 0 unspecified atom stereocenters. The standard InChI is InChI=1S/C36H38N8O6/c1-21(2)32(45)41-35-40-31-29(33(46)42-35)38-20-44(31)34-30(22(3)28(49-34)19-39-43-37)50-36(23-9-7-6-8-10-23,24-11-15-26(47-4)16-12-24)25-13-17-27(48-5)18-14-25/h6-18,20-22,28,30,34H,19H2,1-5H3,(H2,40,41,42,45,46)/t22-,28-,30-,34-/m1/s1. The molecule has 2 N–H and O–H groups in total. The maximum Gasteiger partial charge on any atom is 0.280 e. The van der Waals surface area contributed by atoms with Crippen molar-refractivity contribution in [2.45, 2.75) is 44.8 Å². The second kappa shape index (κ2) is 14.4. The van der Waals surface area contributed by atoms with Gasteiger partial charge in [-0.05, 0) is 46.5 Å². The second-order valence-corrected chi connectivity index (χ2v) is 12.3.